The lowest BCUT2D eigenvalue weighted by atomic mass is 10.0. The van der Waals surface area contributed by atoms with Gasteiger partial charge in [0.15, 0.2) is 11.5 Å². The second-order valence-corrected chi connectivity index (χ2v) is 7.67. The first kappa shape index (κ1) is 22.3. The van der Waals surface area contributed by atoms with Crippen LogP contribution < -0.4 is 9.47 Å². The lowest BCUT2D eigenvalue weighted by molar-refractivity contribution is 0.0697. The number of benzene rings is 3. The minimum atomic E-state index is -1.03. The maximum absolute atomic E-state index is 13.4. The van der Waals surface area contributed by atoms with E-state index in [1.54, 1.807) is 36.4 Å². The molecule has 0 spiro atoms. The highest BCUT2D eigenvalue weighted by molar-refractivity contribution is 14.1. The van der Waals surface area contributed by atoms with Crippen molar-refractivity contribution in [3.8, 4) is 17.6 Å². The highest BCUT2D eigenvalue weighted by atomic mass is 127. The van der Waals surface area contributed by atoms with E-state index in [4.69, 9.17) is 14.6 Å². The molecule has 0 amide bonds. The Labute approximate surface area is 192 Å². The summed E-state index contributed by atoms with van der Waals surface area (Å²) in [5.74, 6) is -0.354. The van der Waals surface area contributed by atoms with Crippen molar-refractivity contribution in [1.29, 1.82) is 5.26 Å². The van der Waals surface area contributed by atoms with Crippen LogP contribution in [0.3, 0.4) is 0 Å². The third-order valence-electron chi connectivity index (χ3n) is 4.40. The average Bonchev–Trinajstić information content (AvgIpc) is 2.76. The van der Waals surface area contributed by atoms with Crippen LogP contribution in [0.2, 0.25) is 0 Å². The van der Waals surface area contributed by atoms with Gasteiger partial charge in [0.05, 0.1) is 27.9 Å². The molecule has 0 radical (unpaired) electrons. The number of nitriles is 1. The number of nitrogens with zero attached hydrogens (tertiary/aromatic N) is 1. The van der Waals surface area contributed by atoms with Gasteiger partial charge in [-0.15, -0.1) is 0 Å². The van der Waals surface area contributed by atoms with E-state index in [0.29, 0.717) is 28.2 Å². The number of carboxylic acid groups (broad SMARTS) is 1. The van der Waals surface area contributed by atoms with Crippen molar-refractivity contribution in [2.45, 2.75) is 6.61 Å². The Morgan fingerprint density at radius 1 is 1.16 bits per heavy atom. The van der Waals surface area contributed by atoms with Gasteiger partial charge in [-0.2, -0.15) is 5.26 Å². The maximum Gasteiger partial charge on any atom is 0.335 e. The molecule has 3 aromatic carbocycles. The number of methoxy groups -OCH3 is 1. The number of halogens is 2. The van der Waals surface area contributed by atoms with Crippen molar-refractivity contribution in [3.05, 3.63) is 92.3 Å². The predicted molar refractivity (Wildman–Crippen MR) is 123 cm³/mol. The van der Waals surface area contributed by atoms with Gasteiger partial charge in [-0.05, 0) is 81.8 Å². The Morgan fingerprint density at radius 2 is 1.87 bits per heavy atom. The van der Waals surface area contributed by atoms with Crippen molar-refractivity contribution in [2.75, 3.05) is 7.11 Å². The average molecular weight is 529 g/mol. The standard InChI is InChI=1S/C24H17FINO4/c1-30-22-12-16(9-19(13-27)17-5-7-18(8-6-17)24(28)29)11-21(26)23(22)31-14-15-3-2-4-20(25)10-15/h2-12H,14H2,1H3,(H,28,29)/b19-9-. The summed E-state index contributed by atoms with van der Waals surface area (Å²) in [6.45, 7) is 0.179. The summed E-state index contributed by atoms with van der Waals surface area (Å²) in [6.07, 6.45) is 1.69. The molecule has 5 nitrogen and oxygen atoms in total. The van der Waals surface area contributed by atoms with E-state index in [0.717, 1.165) is 9.13 Å². The van der Waals surface area contributed by atoms with Crippen LogP contribution in [0.4, 0.5) is 4.39 Å². The van der Waals surface area contributed by atoms with Gasteiger partial charge in [0, 0.05) is 0 Å². The van der Waals surface area contributed by atoms with E-state index in [9.17, 15) is 14.4 Å². The first-order valence-corrected chi connectivity index (χ1v) is 10.2. The van der Waals surface area contributed by atoms with E-state index in [1.165, 1.54) is 31.4 Å². The lowest BCUT2D eigenvalue weighted by Gasteiger charge is -2.14. The molecule has 0 heterocycles. The molecule has 0 bridgehead atoms. The first-order chi connectivity index (χ1) is 14.9. The summed E-state index contributed by atoms with van der Waals surface area (Å²) >= 11 is 2.11. The van der Waals surface area contributed by atoms with Crippen molar-refractivity contribution in [3.63, 3.8) is 0 Å². The molecule has 156 valence electrons. The highest BCUT2D eigenvalue weighted by Crippen LogP contribution is 2.35. The van der Waals surface area contributed by atoms with E-state index in [1.807, 2.05) is 6.07 Å². The Balaban J connectivity index is 1.88. The Hall–Kier alpha value is -3.38. The molecule has 0 aliphatic rings. The molecule has 0 saturated heterocycles. The molecule has 31 heavy (non-hydrogen) atoms. The fourth-order valence-electron chi connectivity index (χ4n) is 2.88. The number of carbonyl (C=O) groups is 1. The summed E-state index contributed by atoms with van der Waals surface area (Å²) in [6, 6.07) is 18.0. The maximum atomic E-state index is 13.4. The van der Waals surface area contributed by atoms with Crippen LogP contribution in [0.25, 0.3) is 11.6 Å². The molecule has 0 atom stereocenters. The van der Waals surface area contributed by atoms with Gasteiger partial charge in [0.2, 0.25) is 0 Å². The monoisotopic (exact) mass is 529 g/mol. The second-order valence-electron chi connectivity index (χ2n) is 6.51. The summed E-state index contributed by atoms with van der Waals surface area (Å²) < 4.78 is 25.5. The van der Waals surface area contributed by atoms with Crippen LogP contribution >= 0.6 is 22.6 Å². The molecule has 0 aliphatic carbocycles. The Kier molecular flexibility index (Phi) is 7.26. The summed E-state index contributed by atoms with van der Waals surface area (Å²) in [5, 5.41) is 18.6. The largest absolute Gasteiger partial charge is 0.493 e. The van der Waals surface area contributed by atoms with Gasteiger partial charge in [0.1, 0.15) is 12.4 Å². The fourth-order valence-corrected chi connectivity index (χ4v) is 3.67. The number of hydrogen-bond donors (Lipinski definition) is 1. The van der Waals surface area contributed by atoms with E-state index in [2.05, 4.69) is 28.7 Å². The minimum absolute atomic E-state index is 0.150. The first-order valence-electron chi connectivity index (χ1n) is 9.11. The molecule has 0 unspecified atom stereocenters. The number of allylic oxidation sites excluding steroid dienone is 1. The van der Waals surface area contributed by atoms with Crippen molar-refractivity contribution in [1.82, 2.24) is 0 Å². The second kappa shape index (κ2) is 10.1. The van der Waals surface area contributed by atoms with Crippen LogP contribution in [0, 0.1) is 20.7 Å². The predicted octanol–water partition coefficient (Wildman–Crippen LogP) is 5.78. The molecule has 0 aromatic heterocycles. The summed E-state index contributed by atoms with van der Waals surface area (Å²) in [4.78, 5) is 11.0. The van der Waals surface area contributed by atoms with Gasteiger partial charge in [-0.1, -0.05) is 24.3 Å². The molecule has 7 heteroatoms. The number of rotatable bonds is 7. The number of aromatic carboxylic acids is 1. The minimum Gasteiger partial charge on any atom is -0.493 e. The number of ether oxygens (including phenoxy) is 2. The quantitative estimate of drug-likeness (QED) is 0.239. The van der Waals surface area contributed by atoms with Crippen LogP contribution in [0.5, 0.6) is 11.5 Å². The van der Waals surface area contributed by atoms with Crippen LogP contribution in [-0.4, -0.2) is 18.2 Å². The van der Waals surface area contributed by atoms with Gasteiger partial charge < -0.3 is 14.6 Å². The zero-order chi connectivity index (χ0) is 22.4. The van der Waals surface area contributed by atoms with E-state index in [-0.39, 0.29) is 18.0 Å². The van der Waals surface area contributed by atoms with Crippen molar-refractivity contribution >= 4 is 40.2 Å². The molecule has 3 rings (SSSR count). The molecular weight excluding hydrogens is 512 g/mol. The van der Waals surface area contributed by atoms with Crippen LogP contribution in [0.15, 0.2) is 60.7 Å². The molecule has 0 aliphatic heterocycles. The Bertz CT molecular complexity index is 1180. The zero-order valence-electron chi connectivity index (χ0n) is 16.4. The van der Waals surface area contributed by atoms with Crippen LogP contribution in [0.1, 0.15) is 27.0 Å². The third-order valence-corrected chi connectivity index (χ3v) is 5.20. The third kappa shape index (κ3) is 5.61. The highest BCUT2D eigenvalue weighted by Gasteiger charge is 2.13. The summed E-state index contributed by atoms with van der Waals surface area (Å²) in [7, 11) is 1.52. The zero-order valence-corrected chi connectivity index (χ0v) is 18.6. The lowest BCUT2D eigenvalue weighted by Crippen LogP contribution is -2.00. The van der Waals surface area contributed by atoms with Gasteiger partial charge >= 0.3 is 5.97 Å². The number of hydrogen-bond acceptors (Lipinski definition) is 4. The molecule has 0 saturated carbocycles. The van der Waals surface area contributed by atoms with Gasteiger partial charge in [-0.3, -0.25) is 0 Å². The van der Waals surface area contributed by atoms with Gasteiger partial charge in [-0.25, -0.2) is 9.18 Å². The van der Waals surface area contributed by atoms with Crippen molar-refractivity contribution < 1.29 is 23.8 Å². The summed E-state index contributed by atoms with van der Waals surface area (Å²) in [5.41, 5.74) is 2.55. The molecule has 1 N–H and O–H groups in total. The fraction of sp³-hybridized carbons (Fsp3) is 0.0833. The molecular formula is C24H17FINO4. The number of carboxylic acids is 1. The van der Waals surface area contributed by atoms with E-state index >= 15 is 0 Å². The Morgan fingerprint density at radius 3 is 2.48 bits per heavy atom. The van der Waals surface area contributed by atoms with E-state index < -0.39 is 5.97 Å². The molecule has 3 aromatic rings. The normalized spacial score (nSPS) is 11.0. The van der Waals surface area contributed by atoms with Crippen LogP contribution in [-0.2, 0) is 6.61 Å². The van der Waals surface area contributed by atoms with Crippen molar-refractivity contribution in [2.24, 2.45) is 0 Å². The SMILES string of the molecule is COc1cc(/C=C(/C#N)c2ccc(C(=O)O)cc2)cc(I)c1OCc1cccc(F)c1. The topological polar surface area (TPSA) is 79.5 Å². The smallest absolute Gasteiger partial charge is 0.335 e. The van der Waals surface area contributed by atoms with Gasteiger partial charge in [0.25, 0.3) is 0 Å². The molecule has 0 fully saturated rings.